The number of nitrogens with one attached hydrogen (secondary N) is 1. The van der Waals surface area contributed by atoms with E-state index >= 15 is 0 Å². The molecule has 1 aromatic rings. The maximum absolute atomic E-state index is 12.1. The van der Waals surface area contributed by atoms with Gasteiger partial charge in [0.2, 0.25) is 10.0 Å². The maximum atomic E-state index is 12.1. The fourth-order valence-electron chi connectivity index (χ4n) is 2.00. The lowest BCUT2D eigenvalue weighted by atomic mass is 10.0. The number of thiophene rings is 1. The minimum absolute atomic E-state index is 0.0372. The molecular weight excluding hydrogens is 286 g/mol. The predicted molar refractivity (Wildman–Crippen MR) is 73.8 cm³/mol. The molecular formula is C12H19NO4S2. The van der Waals surface area contributed by atoms with Crippen LogP contribution in [0.15, 0.2) is 16.3 Å². The molecule has 19 heavy (non-hydrogen) atoms. The zero-order valence-electron chi connectivity index (χ0n) is 10.7. The van der Waals surface area contributed by atoms with Gasteiger partial charge in [0.15, 0.2) is 0 Å². The van der Waals surface area contributed by atoms with Gasteiger partial charge in [-0.3, -0.25) is 0 Å². The van der Waals surface area contributed by atoms with E-state index in [1.165, 1.54) is 11.3 Å². The molecule has 0 aromatic carbocycles. The highest BCUT2D eigenvalue weighted by Crippen LogP contribution is 2.22. The van der Waals surface area contributed by atoms with Gasteiger partial charge in [-0.2, -0.15) is 0 Å². The second-order valence-electron chi connectivity index (χ2n) is 4.60. The average molecular weight is 305 g/mol. The standard InChI is InChI=1S/C12H19NO4S2/c14-6-3-11-1-2-12(18-11)19(15,16)13-9-10-4-7-17-8-5-10/h1-2,10,13-14H,3-9H2. The van der Waals surface area contributed by atoms with Gasteiger partial charge in [-0.1, -0.05) is 0 Å². The first-order valence-corrected chi connectivity index (χ1v) is 8.69. The Morgan fingerprint density at radius 3 is 2.79 bits per heavy atom. The van der Waals surface area contributed by atoms with Gasteiger partial charge in [-0.25, -0.2) is 13.1 Å². The first kappa shape index (κ1) is 14.9. The predicted octanol–water partition coefficient (Wildman–Crippen LogP) is 0.988. The van der Waals surface area contributed by atoms with Crippen molar-refractivity contribution in [2.45, 2.75) is 23.5 Å². The van der Waals surface area contributed by atoms with E-state index in [0.29, 0.717) is 36.3 Å². The lowest BCUT2D eigenvalue weighted by molar-refractivity contribution is 0.0678. The summed E-state index contributed by atoms with van der Waals surface area (Å²) in [5, 5.41) is 8.84. The summed E-state index contributed by atoms with van der Waals surface area (Å²) in [5.74, 6) is 0.361. The molecule has 1 fully saturated rings. The molecule has 2 heterocycles. The van der Waals surface area contributed by atoms with E-state index in [-0.39, 0.29) is 6.61 Å². The summed E-state index contributed by atoms with van der Waals surface area (Å²) in [6.07, 6.45) is 2.31. The Balaban J connectivity index is 1.92. The van der Waals surface area contributed by atoms with E-state index < -0.39 is 10.0 Å². The monoisotopic (exact) mass is 305 g/mol. The lowest BCUT2D eigenvalue weighted by Crippen LogP contribution is -2.31. The quantitative estimate of drug-likeness (QED) is 0.822. The molecule has 108 valence electrons. The largest absolute Gasteiger partial charge is 0.396 e. The molecule has 0 unspecified atom stereocenters. The zero-order valence-corrected chi connectivity index (χ0v) is 12.3. The SMILES string of the molecule is O=S(=O)(NCC1CCOCC1)c1ccc(CCO)s1. The molecule has 1 saturated heterocycles. The molecule has 0 atom stereocenters. The van der Waals surface area contributed by atoms with Crippen LogP contribution in [-0.2, 0) is 21.2 Å². The first-order valence-electron chi connectivity index (χ1n) is 6.39. The Hall–Kier alpha value is -0.470. The minimum Gasteiger partial charge on any atom is -0.396 e. The van der Waals surface area contributed by atoms with Gasteiger partial charge in [-0.05, 0) is 30.9 Å². The van der Waals surface area contributed by atoms with Crippen molar-refractivity contribution in [2.24, 2.45) is 5.92 Å². The molecule has 5 nitrogen and oxygen atoms in total. The summed E-state index contributed by atoms with van der Waals surface area (Å²) in [6.45, 7) is 1.94. The van der Waals surface area contributed by atoms with Crippen LogP contribution in [0.5, 0.6) is 0 Å². The van der Waals surface area contributed by atoms with Crippen LogP contribution in [0.2, 0.25) is 0 Å². The highest BCUT2D eigenvalue weighted by atomic mass is 32.2. The van der Waals surface area contributed by atoms with Crippen LogP contribution in [-0.4, -0.2) is 39.9 Å². The van der Waals surface area contributed by atoms with Crippen LogP contribution >= 0.6 is 11.3 Å². The summed E-state index contributed by atoms with van der Waals surface area (Å²) in [6, 6.07) is 3.35. The van der Waals surface area contributed by atoms with Gasteiger partial charge >= 0.3 is 0 Å². The first-order chi connectivity index (χ1) is 9.12. The second kappa shape index (κ2) is 6.81. The Labute approximate surface area is 117 Å². The second-order valence-corrected chi connectivity index (χ2v) is 7.76. The molecule has 1 aliphatic heterocycles. The van der Waals surface area contributed by atoms with Crippen molar-refractivity contribution in [3.63, 3.8) is 0 Å². The topological polar surface area (TPSA) is 75.6 Å². The highest BCUT2D eigenvalue weighted by Gasteiger charge is 2.20. The van der Waals surface area contributed by atoms with E-state index in [1.807, 2.05) is 0 Å². The number of rotatable bonds is 6. The molecule has 0 bridgehead atoms. The van der Waals surface area contributed by atoms with Crippen molar-refractivity contribution in [1.82, 2.24) is 4.72 Å². The summed E-state index contributed by atoms with van der Waals surface area (Å²) < 4.78 is 32.4. The number of aliphatic hydroxyl groups excluding tert-OH is 1. The molecule has 1 aliphatic rings. The zero-order chi connectivity index (χ0) is 13.7. The number of ether oxygens (including phenoxy) is 1. The van der Waals surface area contributed by atoms with Crippen LogP contribution < -0.4 is 4.72 Å². The van der Waals surface area contributed by atoms with E-state index in [4.69, 9.17) is 9.84 Å². The van der Waals surface area contributed by atoms with Crippen molar-refractivity contribution in [1.29, 1.82) is 0 Å². The van der Waals surface area contributed by atoms with Gasteiger partial charge in [0.1, 0.15) is 4.21 Å². The summed E-state index contributed by atoms with van der Waals surface area (Å²) >= 11 is 1.22. The van der Waals surface area contributed by atoms with E-state index in [9.17, 15) is 8.42 Å². The van der Waals surface area contributed by atoms with Crippen molar-refractivity contribution in [2.75, 3.05) is 26.4 Å². The fraction of sp³-hybridized carbons (Fsp3) is 0.667. The number of sulfonamides is 1. The lowest BCUT2D eigenvalue weighted by Gasteiger charge is -2.21. The molecule has 2 rings (SSSR count). The normalized spacial score (nSPS) is 17.7. The van der Waals surface area contributed by atoms with Gasteiger partial charge in [0.25, 0.3) is 0 Å². The average Bonchev–Trinajstić information content (AvgIpc) is 2.88. The third kappa shape index (κ3) is 4.25. The van der Waals surface area contributed by atoms with Crippen molar-refractivity contribution in [3.05, 3.63) is 17.0 Å². The van der Waals surface area contributed by atoms with Crippen molar-refractivity contribution < 1.29 is 18.3 Å². The van der Waals surface area contributed by atoms with Crippen LogP contribution in [0, 0.1) is 5.92 Å². The number of aliphatic hydroxyl groups is 1. The number of hydrogen-bond acceptors (Lipinski definition) is 5. The fourth-order valence-corrected chi connectivity index (χ4v) is 4.50. The van der Waals surface area contributed by atoms with Crippen molar-refractivity contribution >= 4 is 21.4 Å². The molecule has 0 radical (unpaired) electrons. The van der Waals surface area contributed by atoms with E-state index in [2.05, 4.69) is 4.72 Å². The molecule has 0 amide bonds. The molecule has 0 saturated carbocycles. The summed E-state index contributed by atoms with van der Waals surface area (Å²) in [7, 11) is -3.41. The Kier molecular flexibility index (Phi) is 5.35. The third-order valence-corrected chi connectivity index (χ3v) is 6.22. The maximum Gasteiger partial charge on any atom is 0.250 e. The minimum atomic E-state index is -3.41. The summed E-state index contributed by atoms with van der Waals surface area (Å²) in [4.78, 5) is 0.883. The Morgan fingerprint density at radius 1 is 1.37 bits per heavy atom. The van der Waals surface area contributed by atoms with Crippen molar-refractivity contribution in [3.8, 4) is 0 Å². The van der Waals surface area contributed by atoms with Crippen LogP contribution in [0.1, 0.15) is 17.7 Å². The van der Waals surface area contributed by atoms with E-state index in [1.54, 1.807) is 12.1 Å². The molecule has 0 spiro atoms. The Bertz CT molecular complexity index is 492. The van der Waals surface area contributed by atoms with Crippen LogP contribution in [0.4, 0.5) is 0 Å². The third-order valence-electron chi connectivity index (χ3n) is 3.16. The van der Waals surface area contributed by atoms with Crippen LogP contribution in [0.25, 0.3) is 0 Å². The number of hydrogen-bond donors (Lipinski definition) is 2. The molecule has 2 N–H and O–H groups in total. The van der Waals surface area contributed by atoms with Gasteiger partial charge in [0.05, 0.1) is 0 Å². The molecule has 0 aliphatic carbocycles. The van der Waals surface area contributed by atoms with Gasteiger partial charge < -0.3 is 9.84 Å². The molecule has 1 aromatic heterocycles. The van der Waals surface area contributed by atoms with Gasteiger partial charge in [-0.15, -0.1) is 11.3 Å². The summed E-state index contributed by atoms with van der Waals surface area (Å²) in [5.41, 5.74) is 0. The van der Waals surface area contributed by atoms with Gasteiger partial charge in [0, 0.05) is 37.7 Å². The highest BCUT2D eigenvalue weighted by molar-refractivity contribution is 7.91. The smallest absolute Gasteiger partial charge is 0.250 e. The Morgan fingerprint density at radius 2 is 2.11 bits per heavy atom. The van der Waals surface area contributed by atoms with Crippen LogP contribution in [0.3, 0.4) is 0 Å². The van der Waals surface area contributed by atoms with E-state index in [0.717, 1.165) is 17.7 Å². The molecule has 7 heteroatoms.